The molecule has 1 unspecified atom stereocenters. The van der Waals surface area contributed by atoms with E-state index < -0.39 is 0 Å². The van der Waals surface area contributed by atoms with Crippen molar-refractivity contribution in [2.75, 3.05) is 7.05 Å². The molecule has 0 amide bonds. The van der Waals surface area contributed by atoms with Gasteiger partial charge in [-0.1, -0.05) is 12.1 Å². The zero-order chi connectivity index (χ0) is 13.0. The molecule has 1 N–H and O–H groups in total. The summed E-state index contributed by atoms with van der Waals surface area (Å²) in [6, 6.07) is 6.67. The third-order valence-electron chi connectivity index (χ3n) is 2.84. The van der Waals surface area contributed by atoms with Crippen LogP contribution in [-0.2, 0) is 6.42 Å². The van der Waals surface area contributed by atoms with Crippen LogP contribution in [0.2, 0.25) is 0 Å². The summed E-state index contributed by atoms with van der Waals surface area (Å²) in [5.74, 6) is -0.211. The fourth-order valence-corrected chi connectivity index (χ4v) is 1.84. The van der Waals surface area contributed by atoms with Crippen LogP contribution >= 0.6 is 0 Å². The molecular formula is C14H16FN3. The van der Waals surface area contributed by atoms with Crippen molar-refractivity contribution in [1.29, 1.82) is 0 Å². The van der Waals surface area contributed by atoms with E-state index in [1.165, 1.54) is 6.07 Å². The summed E-state index contributed by atoms with van der Waals surface area (Å²) in [5, 5.41) is 3.18. The molecule has 0 radical (unpaired) electrons. The summed E-state index contributed by atoms with van der Waals surface area (Å²) in [6.45, 7) is 1.90. The highest BCUT2D eigenvalue weighted by atomic mass is 19.1. The fraction of sp³-hybridized carbons (Fsp3) is 0.286. The van der Waals surface area contributed by atoms with Crippen LogP contribution in [0.5, 0.6) is 0 Å². The minimum atomic E-state index is -0.211. The first-order chi connectivity index (χ1) is 8.69. The van der Waals surface area contributed by atoms with Gasteiger partial charge in [-0.15, -0.1) is 0 Å². The normalized spacial score (nSPS) is 12.4. The van der Waals surface area contributed by atoms with Gasteiger partial charge in [0.1, 0.15) is 5.82 Å². The number of nitrogens with zero attached hydrogens (tertiary/aromatic N) is 2. The molecule has 2 rings (SSSR count). The molecule has 0 saturated carbocycles. The Morgan fingerprint density at radius 1 is 1.28 bits per heavy atom. The second-order valence-electron chi connectivity index (χ2n) is 4.26. The van der Waals surface area contributed by atoms with Gasteiger partial charge in [0.2, 0.25) is 0 Å². The van der Waals surface area contributed by atoms with Crippen molar-refractivity contribution in [2.45, 2.75) is 19.4 Å². The Hall–Kier alpha value is -1.81. The van der Waals surface area contributed by atoms with E-state index in [0.717, 1.165) is 17.0 Å². The summed E-state index contributed by atoms with van der Waals surface area (Å²) >= 11 is 0. The van der Waals surface area contributed by atoms with Gasteiger partial charge in [-0.25, -0.2) is 4.39 Å². The maximum atomic E-state index is 13.1. The van der Waals surface area contributed by atoms with E-state index in [2.05, 4.69) is 15.3 Å². The van der Waals surface area contributed by atoms with Crippen LogP contribution in [0.1, 0.15) is 23.0 Å². The van der Waals surface area contributed by atoms with E-state index in [9.17, 15) is 4.39 Å². The lowest BCUT2D eigenvalue weighted by molar-refractivity contribution is 0.567. The van der Waals surface area contributed by atoms with Gasteiger partial charge in [-0.2, -0.15) is 0 Å². The van der Waals surface area contributed by atoms with E-state index in [-0.39, 0.29) is 11.9 Å². The number of aromatic nitrogens is 2. The van der Waals surface area contributed by atoms with Crippen LogP contribution in [0.4, 0.5) is 4.39 Å². The Morgan fingerprint density at radius 3 is 2.72 bits per heavy atom. The quantitative estimate of drug-likeness (QED) is 0.899. The maximum absolute atomic E-state index is 13.1. The molecule has 0 aliphatic carbocycles. The lowest BCUT2D eigenvalue weighted by atomic mass is 10.0. The Bertz CT molecular complexity index is 511. The summed E-state index contributed by atoms with van der Waals surface area (Å²) < 4.78 is 13.1. The lowest BCUT2D eigenvalue weighted by Crippen LogP contribution is -2.20. The topological polar surface area (TPSA) is 37.8 Å². The maximum Gasteiger partial charge on any atom is 0.123 e. The van der Waals surface area contributed by atoms with E-state index in [1.807, 2.05) is 20.0 Å². The first-order valence-corrected chi connectivity index (χ1v) is 5.89. The molecule has 0 spiro atoms. The molecule has 0 aliphatic heterocycles. The highest BCUT2D eigenvalue weighted by Gasteiger charge is 2.12. The Balaban J connectivity index is 2.17. The molecule has 94 valence electrons. The molecule has 3 nitrogen and oxygen atoms in total. The molecule has 1 atom stereocenters. The van der Waals surface area contributed by atoms with Gasteiger partial charge >= 0.3 is 0 Å². The molecule has 0 saturated heterocycles. The first kappa shape index (κ1) is 12.6. The Labute approximate surface area is 106 Å². The average molecular weight is 245 g/mol. The van der Waals surface area contributed by atoms with Crippen LogP contribution in [0.15, 0.2) is 36.7 Å². The zero-order valence-corrected chi connectivity index (χ0v) is 10.5. The second kappa shape index (κ2) is 5.69. The van der Waals surface area contributed by atoms with Crippen LogP contribution in [0, 0.1) is 12.7 Å². The predicted molar refractivity (Wildman–Crippen MR) is 68.7 cm³/mol. The summed E-state index contributed by atoms with van der Waals surface area (Å²) in [4.78, 5) is 8.58. The number of likely N-dealkylation sites (N-methyl/N-ethyl adjacent to an activating group) is 1. The molecule has 0 bridgehead atoms. The number of hydrogen-bond acceptors (Lipinski definition) is 3. The number of benzene rings is 1. The van der Waals surface area contributed by atoms with Gasteiger partial charge in [-0.3, -0.25) is 9.97 Å². The van der Waals surface area contributed by atoms with Gasteiger partial charge < -0.3 is 5.32 Å². The Kier molecular flexibility index (Phi) is 3.99. The molecule has 4 heteroatoms. The second-order valence-corrected chi connectivity index (χ2v) is 4.26. The predicted octanol–water partition coefficient (Wildman–Crippen LogP) is 2.43. The van der Waals surface area contributed by atoms with E-state index in [1.54, 1.807) is 24.5 Å². The number of halogens is 1. The molecule has 1 heterocycles. The van der Waals surface area contributed by atoms with Crippen LogP contribution in [-0.4, -0.2) is 17.0 Å². The lowest BCUT2D eigenvalue weighted by Gasteiger charge is -2.15. The molecule has 0 fully saturated rings. The zero-order valence-electron chi connectivity index (χ0n) is 10.5. The highest BCUT2D eigenvalue weighted by molar-refractivity contribution is 5.19. The van der Waals surface area contributed by atoms with Gasteiger partial charge in [0.05, 0.1) is 23.6 Å². The van der Waals surface area contributed by atoms with Crippen molar-refractivity contribution in [2.24, 2.45) is 0 Å². The fourth-order valence-electron chi connectivity index (χ4n) is 1.84. The van der Waals surface area contributed by atoms with Crippen molar-refractivity contribution in [1.82, 2.24) is 15.3 Å². The molecule has 2 aromatic rings. The van der Waals surface area contributed by atoms with Crippen molar-refractivity contribution >= 4 is 0 Å². The number of nitrogens with one attached hydrogen (secondary N) is 1. The van der Waals surface area contributed by atoms with Gasteiger partial charge in [-0.05, 0) is 38.1 Å². The molecule has 18 heavy (non-hydrogen) atoms. The largest absolute Gasteiger partial charge is 0.311 e. The summed E-state index contributed by atoms with van der Waals surface area (Å²) in [7, 11) is 1.87. The van der Waals surface area contributed by atoms with Gasteiger partial charge in [0, 0.05) is 6.20 Å². The molecule has 1 aromatic heterocycles. The third-order valence-corrected chi connectivity index (χ3v) is 2.84. The smallest absolute Gasteiger partial charge is 0.123 e. The molecule has 0 aliphatic rings. The van der Waals surface area contributed by atoms with Crippen LogP contribution in [0.25, 0.3) is 0 Å². The highest BCUT2D eigenvalue weighted by Crippen LogP contribution is 2.16. The van der Waals surface area contributed by atoms with Crippen molar-refractivity contribution in [3.05, 3.63) is 59.4 Å². The molecular weight excluding hydrogens is 229 g/mol. The minimum absolute atomic E-state index is 0.0416. The van der Waals surface area contributed by atoms with Crippen molar-refractivity contribution in [3.63, 3.8) is 0 Å². The van der Waals surface area contributed by atoms with E-state index in [0.29, 0.717) is 6.42 Å². The van der Waals surface area contributed by atoms with E-state index >= 15 is 0 Å². The average Bonchev–Trinajstić information content (AvgIpc) is 2.37. The Morgan fingerprint density at radius 2 is 2.11 bits per heavy atom. The molecule has 1 aromatic carbocycles. The number of hydrogen-bond donors (Lipinski definition) is 1. The first-order valence-electron chi connectivity index (χ1n) is 5.89. The monoisotopic (exact) mass is 245 g/mol. The number of aryl methyl sites for hydroxylation is 1. The van der Waals surface area contributed by atoms with Crippen LogP contribution < -0.4 is 5.32 Å². The summed E-state index contributed by atoms with van der Waals surface area (Å²) in [6.07, 6.45) is 4.19. The van der Waals surface area contributed by atoms with Crippen LogP contribution in [0.3, 0.4) is 0 Å². The number of rotatable bonds is 4. The SMILES string of the molecule is CNC(Cc1cccc(F)c1)c1cnc(C)cn1. The van der Waals surface area contributed by atoms with E-state index in [4.69, 9.17) is 0 Å². The van der Waals surface area contributed by atoms with Gasteiger partial charge in [0.15, 0.2) is 0 Å². The van der Waals surface area contributed by atoms with Crippen molar-refractivity contribution in [3.8, 4) is 0 Å². The minimum Gasteiger partial charge on any atom is -0.311 e. The third kappa shape index (κ3) is 3.11. The standard InChI is InChI=1S/C14H16FN3/c1-10-8-18-14(9-17-10)13(16-2)7-11-4-3-5-12(15)6-11/h3-6,8-9,13,16H,7H2,1-2H3. The van der Waals surface area contributed by atoms with Crippen molar-refractivity contribution < 1.29 is 4.39 Å². The summed E-state index contributed by atoms with van der Waals surface area (Å²) in [5.41, 5.74) is 2.70. The van der Waals surface area contributed by atoms with Gasteiger partial charge in [0.25, 0.3) is 0 Å².